The van der Waals surface area contributed by atoms with Crippen LogP contribution in [0.15, 0.2) is 54.9 Å². The minimum absolute atomic E-state index is 0.0209. The van der Waals surface area contributed by atoms with Crippen LogP contribution in [0.2, 0.25) is 0 Å². The molecule has 3 aromatic rings. The topological polar surface area (TPSA) is 81.0 Å². The van der Waals surface area contributed by atoms with Crippen LogP contribution in [-0.2, 0) is 6.54 Å². The van der Waals surface area contributed by atoms with Gasteiger partial charge in [-0.15, -0.1) is 0 Å². The van der Waals surface area contributed by atoms with E-state index < -0.39 is 4.92 Å². The first-order valence-corrected chi connectivity index (χ1v) is 6.41. The van der Waals surface area contributed by atoms with Gasteiger partial charge in [0.1, 0.15) is 12.0 Å². The lowest BCUT2D eigenvalue weighted by atomic mass is 10.1. The summed E-state index contributed by atoms with van der Waals surface area (Å²) in [5.74, 6) is 0.591. The van der Waals surface area contributed by atoms with Crippen LogP contribution in [-0.4, -0.2) is 14.9 Å². The number of nitrogens with one attached hydrogen (secondary N) is 1. The molecule has 0 atom stereocenters. The van der Waals surface area contributed by atoms with Crippen molar-refractivity contribution >= 4 is 22.4 Å². The van der Waals surface area contributed by atoms with Crippen LogP contribution in [0.5, 0.6) is 0 Å². The minimum atomic E-state index is -0.467. The lowest BCUT2D eigenvalue weighted by Gasteiger charge is -2.07. The molecule has 0 spiro atoms. The van der Waals surface area contributed by atoms with Crippen molar-refractivity contribution in [2.75, 3.05) is 5.32 Å². The summed E-state index contributed by atoms with van der Waals surface area (Å²) in [6, 6.07) is 12.9. The average molecular weight is 280 g/mol. The molecule has 1 N–H and O–H groups in total. The van der Waals surface area contributed by atoms with Gasteiger partial charge in [-0.3, -0.25) is 15.1 Å². The molecular formula is C15H12N4O2. The number of pyridine rings is 2. The van der Waals surface area contributed by atoms with E-state index >= 15 is 0 Å². The van der Waals surface area contributed by atoms with Crippen LogP contribution in [0.1, 0.15) is 5.56 Å². The first-order chi connectivity index (χ1) is 10.2. The fourth-order valence-corrected chi connectivity index (χ4v) is 2.09. The number of aromatic nitrogens is 2. The largest absolute Gasteiger partial charge is 0.366 e. The Morgan fingerprint density at radius 1 is 1.10 bits per heavy atom. The van der Waals surface area contributed by atoms with Crippen molar-refractivity contribution in [2.45, 2.75) is 6.54 Å². The van der Waals surface area contributed by atoms with E-state index in [0.717, 1.165) is 16.5 Å². The van der Waals surface area contributed by atoms with Crippen molar-refractivity contribution in [3.05, 3.63) is 70.5 Å². The van der Waals surface area contributed by atoms with Crippen molar-refractivity contribution in [1.29, 1.82) is 0 Å². The second kappa shape index (κ2) is 5.54. The van der Waals surface area contributed by atoms with E-state index in [9.17, 15) is 10.1 Å². The molecule has 0 aliphatic rings. The third kappa shape index (κ3) is 2.79. The number of rotatable bonds is 4. The molecule has 3 rings (SSSR count). The van der Waals surface area contributed by atoms with Gasteiger partial charge in [-0.25, -0.2) is 4.98 Å². The van der Waals surface area contributed by atoms with Crippen molar-refractivity contribution in [3.63, 3.8) is 0 Å². The predicted octanol–water partition coefficient (Wildman–Crippen LogP) is 3.15. The Hall–Kier alpha value is -3.02. The Bertz CT molecular complexity index is 782. The molecule has 0 unspecified atom stereocenters. The summed E-state index contributed by atoms with van der Waals surface area (Å²) in [6.07, 6.45) is 3.00. The average Bonchev–Trinajstić information content (AvgIpc) is 2.53. The van der Waals surface area contributed by atoms with Crippen LogP contribution in [0.25, 0.3) is 10.9 Å². The molecule has 0 radical (unpaired) electrons. The van der Waals surface area contributed by atoms with E-state index in [1.807, 2.05) is 30.3 Å². The first-order valence-electron chi connectivity index (χ1n) is 6.41. The molecule has 0 aliphatic carbocycles. The number of benzene rings is 1. The summed E-state index contributed by atoms with van der Waals surface area (Å²) >= 11 is 0. The lowest BCUT2D eigenvalue weighted by Crippen LogP contribution is -2.02. The maximum absolute atomic E-state index is 10.6. The first kappa shape index (κ1) is 13.0. The maximum Gasteiger partial charge on any atom is 0.287 e. The van der Waals surface area contributed by atoms with Crippen molar-refractivity contribution in [2.24, 2.45) is 0 Å². The van der Waals surface area contributed by atoms with Crippen LogP contribution in [0, 0.1) is 10.1 Å². The Morgan fingerprint density at radius 2 is 1.95 bits per heavy atom. The number of nitrogens with zero attached hydrogens (tertiary/aromatic N) is 3. The van der Waals surface area contributed by atoms with Gasteiger partial charge in [0.05, 0.1) is 10.4 Å². The zero-order chi connectivity index (χ0) is 14.7. The smallest absolute Gasteiger partial charge is 0.287 e. The highest BCUT2D eigenvalue weighted by atomic mass is 16.6. The highest BCUT2D eigenvalue weighted by molar-refractivity contribution is 5.81. The molecule has 0 amide bonds. The Labute approximate surface area is 120 Å². The molecule has 1 aromatic carbocycles. The zero-order valence-electron chi connectivity index (χ0n) is 11.1. The van der Waals surface area contributed by atoms with E-state index in [1.54, 1.807) is 12.3 Å². The standard InChI is InChI=1S/C15H12N4O2/c20-19(21)13-6-7-14(18-10-13)17-9-12-4-1-3-11-5-2-8-16-15(11)12/h1-8,10H,9H2,(H,17,18). The summed E-state index contributed by atoms with van der Waals surface area (Å²) in [5, 5.41) is 14.8. The normalized spacial score (nSPS) is 10.5. The zero-order valence-corrected chi connectivity index (χ0v) is 11.1. The third-order valence-corrected chi connectivity index (χ3v) is 3.13. The molecule has 0 saturated carbocycles. The molecule has 104 valence electrons. The second-order valence-electron chi connectivity index (χ2n) is 4.50. The van der Waals surface area contributed by atoms with E-state index in [1.165, 1.54) is 12.3 Å². The molecule has 6 nitrogen and oxygen atoms in total. The molecule has 0 fully saturated rings. The number of hydrogen-bond acceptors (Lipinski definition) is 5. The van der Waals surface area contributed by atoms with Gasteiger partial charge in [0.25, 0.3) is 5.69 Å². The predicted molar refractivity (Wildman–Crippen MR) is 80.0 cm³/mol. The number of fused-ring (bicyclic) bond motifs is 1. The van der Waals surface area contributed by atoms with E-state index in [4.69, 9.17) is 0 Å². The van der Waals surface area contributed by atoms with Gasteiger partial charge in [0.15, 0.2) is 0 Å². The van der Waals surface area contributed by atoms with Gasteiger partial charge in [0.2, 0.25) is 0 Å². The summed E-state index contributed by atoms with van der Waals surface area (Å²) in [6.45, 7) is 0.555. The van der Waals surface area contributed by atoms with Crippen LogP contribution in [0.4, 0.5) is 11.5 Å². The number of nitro groups is 1. The van der Waals surface area contributed by atoms with Gasteiger partial charge < -0.3 is 5.32 Å². The molecule has 2 heterocycles. The highest BCUT2D eigenvalue weighted by Crippen LogP contribution is 2.18. The van der Waals surface area contributed by atoms with E-state index in [0.29, 0.717) is 12.4 Å². The van der Waals surface area contributed by atoms with Crippen molar-refractivity contribution < 1.29 is 4.92 Å². The third-order valence-electron chi connectivity index (χ3n) is 3.13. The van der Waals surface area contributed by atoms with Crippen molar-refractivity contribution in [3.8, 4) is 0 Å². The number of anilines is 1. The van der Waals surface area contributed by atoms with Crippen LogP contribution < -0.4 is 5.32 Å². The molecule has 0 bridgehead atoms. The van der Waals surface area contributed by atoms with Crippen LogP contribution >= 0.6 is 0 Å². The molecule has 0 aliphatic heterocycles. The molecule has 2 aromatic heterocycles. The number of para-hydroxylation sites is 1. The van der Waals surface area contributed by atoms with Gasteiger partial charge in [0, 0.05) is 24.2 Å². The summed E-state index contributed by atoms with van der Waals surface area (Å²) in [5.41, 5.74) is 1.97. The quantitative estimate of drug-likeness (QED) is 0.586. The maximum atomic E-state index is 10.6. The van der Waals surface area contributed by atoms with Crippen molar-refractivity contribution in [1.82, 2.24) is 9.97 Å². The van der Waals surface area contributed by atoms with E-state index in [-0.39, 0.29) is 5.69 Å². The molecule has 6 heteroatoms. The second-order valence-corrected chi connectivity index (χ2v) is 4.50. The Kier molecular flexibility index (Phi) is 3.42. The number of hydrogen-bond donors (Lipinski definition) is 1. The van der Waals surface area contributed by atoms with Gasteiger partial charge in [-0.05, 0) is 17.7 Å². The van der Waals surface area contributed by atoms with Gasteiger partial charge in [-0.1, -0.05) is 24.3 Å². The van der Waals surface area contributed by atoms with Gasteiger partial charge in [-0.2, -0.15) is 0 Å². The minimum Gasteiger partial charge on any atom is -0.366 e. The summed E-state index contributed by atoms with van der Waals surface area (Å²) in [4.78, 5) is 18.5. The molecule has 0 saturated heterocycles. The lowest BCUT2D eigenvalue weighted by molar-refractivity contribution is -0.385. The fourth-order valence-electron chi connectivity index (χ4n) is 2.09. The molecular weight excluding hydrogens is 268 g/mol. The Balaban J connectivity index is 1.79. The summed E-state index contributed by atoms with van der Waals surface area (Å²) in [7, 11) is 0. The van der Waals surface area contributed by atoms with E-state index in [2.05, 4.69) is 15.3 Å². The SMILES string of the molecule is O=[N+]([O-])c1ccc(NCc2cccc3cccnc23)nc1. The monoisotopic (exact) mass is 280 g/mol. The Morgan fingerprint density at radius 3 is 2.71 bits per heavy atom. The van der Waals surface area contributed by atoms with Crippen LogP contribution in [0.3, 0.4) is 0 Å². The highest BCUT2D eigenvalue weighted by Gasteiger charge is 2.06. The summed E-state index contributed by atoms with van der Waals surface area (Å²) < 4.78 is 0. The molecule has 21 heavy (non-hydrogen) atoms. The fraction of sp³-hybridized carbons (Fsp3) is 0.0667. The van der Waals surface area contributed by atoms with Gasteiger partial charge >= 0.3 is 0 Å².